The van der Waals surface area contributed by atoms with Gasteiger partial charge in [0.15, 0.2) is 0 Å². The molecule has 8 heteroatoms. The van der Waals surface area contributed by atoms with Crippen LogP contribution in [0.1, 0.15) is 31.1 Å². The topological polar surface area (TPSA) is 102 Å². The van der Waals surface area contributed by atoms with Gasteiger partial charge in [-0.25, -0.2) is 14.5 Å². The summed E-state index contributed by atoms with van der Waals surface area (Å²) in [5.74, 6) is -2.21. The van der Waals surface area contributed by atoms with E-state index in [0.29, 0.717) is 27.5 Å². The van der Waals surface area contributed by atoms with Gasteiger partial charge in [0.2, 0.25) is 0 Å². The fourth-order valence-corrected chi connectivity index (χ4v) is 4.15. The van der Waals surface area contributed by atoms with E-state index in [2.05, 4.69) is 0 Å². The van der Waals surface area contributed by atoms with Crippen molar-refractivity contribution in [1.29, 1.82) is 0 Å². The highest BCUT2D eigenvalue weighted by atomic mass is 16.4. The average molecular weight is 401 g/mol. The van der Waals surface area contributed by atoms with Crippen LogP contribution in [0.3, 0.4) is 0 Å². The van der Waals surface area contributed by atoms with Crippen molar-refractivity contribution in [2.75, 3.05) is 4.90 Å². The molecule has 1 aliphatic rings. The summed E-state index contributed by atoms with van der Waals surface area (Å²) in [5.41, 5.74) is 1.94. The van der Waals surface area contributed by atoms with E-state index in [0.717, 1.165) is 4.90 Å². The van der Waals surface area contributed by atoms with E-state index < -0.39 is 17.8 Å². The quantitative estimate of drug-likeness (QED) is 0.520. The Morgan fingerprint density at radius 1 is 0.833 bits per heavy atom. The Kier molecular flexibility index (Phi) is 3.51. The van der Waals surface area contributed by atoms with Crippen LogP contribution in [-0.2, 0) is 14.1 Å². The van der Waals surface area contributed by atoms with Gasteiger partial charge >= 0.3 is 11.7 Å². The Hall–Kier alpha value is -4.20. The molecule has 0 unspecified atom stereocenters. The van der Waals surface area contributed by atoms with Crippen molar-refractivity contribution in [2.45, 2.75) is 0 Å². The van der Waals surface area contributed by atoms with Crippen LogP contribution in [0.15, 0.2) is 53.3 Å². The second-order valence-electron chi connectivity index (χ2n) is 7.21. The second kappa shape index (κ2) is 5.90. The maximum Gasteiger partial charge on any atom is 0.336 e. The van der Waals surface area contributed by atoms with E-state index in [4.69, 9.17) is 0 Å². The summed E-state index contributed by atoms with van der Waals surface area (Å²) in [7, 11) is 3.27. The Bertz CT molecular complexity index is 1490. The maximum absolute atomic E-state index is 13.3. The minimum atomic E-state index is -1.13. The summed E-state index contributed by atoms with van der Waals surface area (Å²) in [6, 6.07) is 12.5. The van der Waals surface area contributed by atoms with Gasteiger partial charge in [-0.3, -0.25) is 18.7 Å². The summed E-state index contributed by atoms with van der Waals surface area (Å²) in [6.07, 6.45) is 0. The molecule has 0 saturated heterocycles. The zero-order valence-corrected chi connectivity index (χ0v) is 16.0. The molecule has 2 heterocycles. The Morgan fingerprint density at radius 2 is 1.50 bits per heavy atom. The molecule has 4 aromatic rings. The van der Waals surface area contributed by atoms with Crippen LogP contribution in [0.2, 0.25) is 0 Å². The van der Waals surface area contributed by atoms with Crippen molar-refractivity contribution in [2.24, 2.45) is 14.1 Å². The van der Waals surface area contributed by atoms with Gasteiger partial charge in [0.1, 0.15) is 0 Å². The van der Waals surface area contributed by atoms with Crippen molar-refractivity contribution >= 4 is 45.3 Å². The number of aromatic carboxylic acids is 1. The number of aryl methyl sites for hydroxylation is 2. The first kappa shape index (κ1) is 17.9. The Labute approximate surface area is 169 Å². The molecular formula is C22H15N3O5. The van der Waals surface area contributed by atoms with Crippen LogP contribution in [-0.4, -0.2) is 32.0 Å². The minimum absolute atomic E-state index is 0.0327. The fourth-order valence-electron chi connectivity index (χ4n) is 4.15. The minimum Gasteiger partial charge on any atom is -0.478 e. The van der Waals surface area contributed by atoms with Crippen molar-refractivity contribution in [3.8, 4) is 0 Å². The number of hydrogen-bond acceptors (Lipinski definition) is 4. The molecule has 148 valence electrons. The highest BCUT2D eigenvalue weighted by Crippen LogP contribution is 2.35. The number of nitrogens with zero attached hydrogens (tertiary/aromatic N) is 3. The van der Waals surface area contributed by atoms with Crippen LogP contribution < -0.4 is 10.6 Å². The molecule has 1 aromatic heterocycles. The first-order valence-corrected chi connectivity index (χ1v) is 9.14. The molecule has 0 spiro atoms. The van der Waals surface area contributed by atoms with E-state index in [1.807, 2.05) is 0 Å². The van der Waals surface area contributed by atoms with Crippen LogP contribution in [0.4, 0.5) is 5.69 Å². The number of imide groups is 1. The van der Waals surface area contributed by atoms with Gasteiger partial charge in [-0.15, -0.1) is 0 Å². The standard InChI is InChI=1S/C22H15N3O5/c1-23-16-9-6-11(10-17(16)24(2)22(23)30)25-19(26)14-5-3-4-12-13(21(28)29)7-8-15(18(12)14)20(25)27/h3-10H,1-2H3,(H,28,29). The maximum atomic E-state index is 13.3. The lowest BCUT2D eigenvalue weighted by Crippen LogP contribution is -2.40. The molecule has 0 bridgehead atoms. The molecule has 0 fully saturated rings. The fraction of sp³-hybridized carbons (Fsp3) is 0.0909. The van der Waals surface area contributed by atoms with Gasteiger partial charge in [0.05, 0.1) is 22.3 Å². The van der Waals surface area contributed by atoms with Gasteiger partial charge < -0.3 is 5.11 Å². The lowest BCUT2D eigenvalue weighted by Gasteiger charge is -2.27. The third kappa shape index (κ3) is 2.15. The first-order valence-electron chi connectivity index (χ1n) is 9.14. The number of rotatable bonds is 2. The first-order chi connectivity index (χ1) is 14.3. The molecule has 0 aliphatic carbocycles. The number of hydrogen-bond donors (Lipinski definition) is 1. The largest absolute Gasteiger partial charge is 0.478 e. The summed E-state index contributed by atoms with van der Waals surface area (Å²) < 4.78 is 2.94. The zero-order valence-electron chi connectivity index (χ0n) is 16.0. The highest BCUT2D eigenvalue weighted by molar-refractivity contribution is 6.36. The number of carbonyl (C=O) groups is 3. The molecule has 3 aromatic carbocycles. The molecule has 1 N–H and O–H groups in total. The molecule has 8 nitrogen and oxygen atoms in total. The predicted octanol–water partition coefficient (Wildman–Crippen LogP) is 2.53. The summed E-state index contributed by atoms with van der Waals surface area (Å²) in [4.78, 5) is 51.4. The summed E-state index contributed by atoms with van der Waals surface area (Å²) in [5, 5.41) is 10.1. The molecule has 2 amide bonds. The monoisotopic (exact) mass is 401 g/mol. The normalized spacial score (nSPS) is 13.5. The van der Waals surface area contributed by atoms with Crippen LogP contribution in [0.25, 0.3) is 21.8 Å². The number of carboxylic acids is 1. The number of carboxylic acid groups (broad SMARTS) is 1. The van der Waals surface area contributed by atoms with Crippen molar-refractivity contribution in [3.05, 3.63) is 75.7 Å². The number of anilines is 1. The number of aromatic nitrogens is 2. The number of carbonyl (C=O) groups excluding carboxylic acids is 2. The number of imidazole rings is 1. The summed E-state index contributed by atoms with van der Waals surface area (Å²) >= 11 is 0. The SMILES string of the molecule is Cn1c(=O)n(C)c2cc(N3C(=O)c4cccc5c(C(=O)O)ccc(c45)C3=O)ccc21. The molecule has 5 rings (SSSR count). The third-order valence-electron chi connectivity index (χ3n) is 5.65. The van der Waals surface area contributed by atoms with Gasteiger partial charge in [-0.1, -0.05) is 12.1 Å². The van der Waals surface area contributed by atoms with Gasteiger partial charge in [0.25, 0.3) is 11.8 Å². The highest BCUT2D eigenvalue weighted by Gasteiger charge is 2.35. The lowest BCUT2D eigenvalue weighted by atomic mass is 9.91. The molecule has 0 saturated carbocycles. The van der Waals surface area contributed by atoms with E-state index >= 15 is 0 Å². The number of fused-ring (bicyclic) bond motifs is 1. The molecule has 0 radical (unpaired) electrons. The van der Waals surface area contributed by atoms with Gasteiger partial charge in [-0.05, 0) is 41.8 Å². The van der Waals surface area contributed by atoms with Gasteiger partial charge in [0, 0.05) is 30.6 Å². The van der Waals surface area contributed by atoms with Crippen LogP contribution >= 0.6 is 0 Å². The molecule has 1 aliphatic heterocycles. The van der Waals surface area contributed by atoms with Crippen molar-refractivity contribution in [3.63, 3.8) is 0 Å². The van der Waals surface area contributed by atoms with E-state index in [-0.39, 0.29) is 22.4 Å². The van der Waals surface area contributed by atoms with Crippen LogP contribution in [0.5, 0.6) is 0 Å². The average Bonchev–Trinajstić information content (AvgIpc) is 2.95. The second-order valence-corrected chi connectivity index (χ2v) is 7.21. The molecule has 0 atom stereocenters. The smallest absolute Gasteiger partial charge is 0.336 e. The van der Waals surface area contributed by atoms with Crippen molar-refractivity contribution < 1.29 is 19.5 Å². The number of benzene rings is 3. The zero-order chi connectivity index (χ0) is 21.3. The molecular weight excluding hydrogens is 386 g/mol. The molecule has 30 heavy (non-hydrogen) atoms. The van der Waals surface area contributed by atoms with Crippen LogP contribution in [0, 0.1) is 0 Å². The third-order valence-corrected chi connectivity index (χ3v) is 5.65. The van der Waals surface area contributed by atoms with E-state index in [9.17, 15) is 24.3 Å². The lowest BCUT2D eigenvalue weighted by molar-refractivity contribution is 0.0697. The summed E-state index contributed by atoms with van der Waals surface area (Å²) in [6.45, 7) is 0. The van der Waals surface area contributed by atoms with E-state index in [1.54, 1.807) is 50.5 Å². The Morgan fingerprint density at radius 3 is 2.20 bits per heavy atom. The van der Waals surface area contributed by atoms with E-state index in [1.165, 1.54) is 21.3 Å². The van der Waals surface area contributed by atoms with Gasteiger partial charge in [-0.2, -0.15) is 0 Å². The number of amides is 2. The predicted molar refractivity (Wildman–Crippen MR) is 110 cm³/mol. The Balaban J connectivity index is 1.75. The van der Waals surface area contributed by atoms with Crippen molar-refractivity contribution in [1.82, 2.24) is 9.13 Å².